The highest BCUT2D eigenvalue weighted by atomic mass is 32.2. The molecule has 0 unspecified atom stereocenters. The summed E-state index contributed by atoms with van der Waals surface area (Å²) in [7, 11) is -9.58. The molecule has 0 spiro atoms. The number of hydrazine groups is 2. The van der Waals surface area contributed by atoms with E-state index in [-0.39, 0.29) is 42.1 Å². The number of nitrogens with zero attached hydrogens (tertiary/aromatic N) is 2. The highest BCUT2D eigenvalue weighted by molar-refractivity contribution is 7.94. The lowest BCUT2D eigenvalue weighted by Gasteiger charge is -2.28. The summed E-state index contributed by atoms with van der Waals surface area (Å²) in [6.07, 6.45) is -1.45. The van der Waals surface area contributed by atoms with E-state index in [2.05, 4.69) is 20.2 Å². The average molecular weight is 839 g/mol. The lowest BCUT2D eigenvalue weighted by Crippen LogP contribution is -2.47. The minimum atomic E-state index is -4.99. The molecule has 1 aliphatic carbocycles. The molecule has 0 saturated heterocycles. The van der Waals surface area contributed by atoms with Gasteiger partial charge in [-0.05, 0) is 72.2 Å². The molecular weight excluding hydrogens is 797 g/mol. The fourth-order valence-electron chi connectivity index (χ4n) is 5.44. The number of carbonyl (C=O) groups is 2. The molecule has 18 nitrogen and oxygen atoms in total. The van der Waals surface area contributed by atoms with E-state index in [1.165, 1.54) is 34.0 Å². The molecule has 1 heterocycles. The first-order valence-corrected chi connectivity index (χ1v) is 20.9. The zero-order valence-corrected chi connectivity index (χ0v) is 33.8. The number of nitrogens with one attached hydrogen (secondary N) is 2. The van der Waals surface area contributed by atoms with E-state index >= 15 is 0 Å². The Balaban J connectivity index is 1.99. The third-order valence-electron chi connectivity index (χ3n) is 7.45. The first-order valence-electron chi connectivity index (χ1n) is 17.0. The van der Waals surface area contributed by atoms with Crippen LogP contribution in [0, 0.1) is 0 Å². The van der Waals surface area contributed by atoms with Gasteiger partial charge in [-0.3, -0.25) is 10.0 Å². The molecule has 2 N–H and O–H groups in total. The van der Waals surface area contributed by atoms with E-state index in [1.54, 1.807) is 77.9 Å². The van der Waals surface area contributed by atoms with E-state index in [0.29, 0.717) is 34.0 Å². The Morgan fingerprint density at radius 1 is 0.875 bits per heavy atom. The number of fused-ring (bicyclic) bond motifs is 2. The summed E-state index contributed by atoms with van der Waals surface area (Å²) in [6.45, 7) is 10.1. The summed E-state index contributed by atoms with van der Waals surface area (Å²) in [4.78, 5) is 25.3. The predicted molar refractivity (Wildman–Crippen MR) is 201 cm³/mol. The van der Waals surface area contributed by atoms with Crippen LogP contribution in [0.25, 0.3) is 33.4 Å². The lowest BCUT2D eigenvalue weighted by molar-refractivity contribution is -0.777. The van der Waals surface area contributed by atoms with Crippen molar-refractivity contribution < 1.29 is 64.1 Å². The van der Waals surface area contributed by atoms with E-state index < -0.39 is 54.3 Å². The van der Waals surface area contributed by atoms with E-state index in [1.807, 2.05) is 0 Å². The van der Waals surface area contributed by atoms with Crippen LogP contribution in [0.2, 0.25) is 0 Å². The molecule has 2 amide bonds. The van der Waals surface area contributed by atoms with Gasteiger partial charge in [0.05, 0.1) is 26.8 Å². The van der Waals surface area contributed by atoms with Gasteiger partial charge < -0.3 is 28.3 Å². The number of carbonyl (C=O) groups excluding carboxylic acids is 2. The normalized spacial score (nSPS) is 13.0. The molecule has 0 radical (unpaired) electrons. The van der Waals surface area contributed by atoms with Crippen molar-refractivity contribution in [3.63, 3.8) is 0 Å². The SMILES string of the molecule is CC(C)(C)OC(=O)NN(CCCS(=O)(=O)[O-])c1ccc2c(-c3ccccc3S(=O)(=O)[O-])c3cc/c(=[N+](/CCCSOO[O-])NC(=O)OC(C)(C)C)cc-3oc2c1. The monoisotopic (exact) mass is 838 g/mol. The summed E-state index contributed by atoms with van der Waals surface area (Å²) < 4.78 is 94.8. The van der Waals surface area contributed by atoms with Gasteiger partial charge in [-0.1, -0.05) is 23.6 Å². The molecule has 2 aliphatic rings. The summed E-state index contributed by atoms with van der Waals surface area (Å²) in [5, 5.41) is 15.6. The molecule has 21 heteroatoms. The largest absolute Gasteiger partial charge is 0.748 e. The van der Waals surface area contributed by atoms with Gasteiger partial charge in [0.15, 0.2) is 6.54 Å². The maximum Gasteiger partial charge on any atom is 0.461 e. The van der Waals surface area contributed by atoms with Gasteiger partial charge in [0.1, 0.15) is 32.7 Å². The van der Waals surface area contributed by atoms with Crippen LogP contribution in [0.3, 0.4) is 0 Å². The second-order valence-electron chi connectivity index (χ2n) is 14.2. The molecule has 0 bridgehead atoms. The van der Waals surface area contributed by atoms with Crippen LogP contribution in [0.5, 0.6) is 0 Å². The van der Waals surface area contributed by atoms with Crippen molar-refractivity contribution in [2.45, 2.75) is 70.5 Å². The quantitative estimate of drug-likeness (QED) is 0.0329. The van der Waals surface area contributed by atoms with Crippen LogP contribution in [0.15, 0.2) is 70.0 Å². The first kappa shape index (κ1) is 44.2. The number of hydrogen-bond donors (Lipinski definition) is 2. The number of anilines is 1. The second-order valence-corrected chi connectivity index (χ2v) is 17.9. The maximum absolute atomic E-state index is 12.9. The third-order valence-corrected chi connectivity index (χ3v) is 9.74. The number of ether oxygens (including phenoxy) is 2. The van der Waals surface area contributed by atoms with Gasteiger partial charge in [-0.2, -0.15) is 4.33 Å². The topological polar surface area (TPSA) is 252 Å². The molecular formula is C35H42N4O14S3-2. The molecule has 2 aromatic carbocycles. The van der Waals surface area contributed by atoms with Crippen LogP contribution >= 0.6 is 12.0 Å². The van der Waals surface area contributed by atoms with Gasteiger partial charge in [0, 0.05) is 70.7 Å². The molecule has 56 heavy (non-hydrogen) atoms. The van der Waals surface area contributed by atoms with Gasteiger partial charge >= 0.3 is 12.2 Å². The number of benzene rings is 3. The Morgan fingerprint density at radius 2 is 1.55 bits per heavy atom. The molecule has 306 valence electrons. The van der Waals surface area contributed by atoms with E-state index in [4.69, 9.17) is 13.9 Å². The van der Waals surface area contributed by atoms with Crippen LogP contribution in [-0.4, -0.2) is 73.9 Å². The summed E-state index contributed by atoms with van der Waals surface area (Å²) >= 11 is 0.760. The molecule has 1 aliphatic heterocycles. The Morgan fingerprint density at radius 3 is 2.20 bits per heavy atom. The van der Waals surface area contributed by atoms with Crippen LogP contribution in [-0.2, 0) is 39.1 Å². The molecule has 0 saturated carbocycles. The number of amides is 2. The Kier molecular flexibility index (Phi) is 14.4. The Hall–Kier alpha value is -4.48. The zero-order chi connectivity index (χ0) is 41.5. The van der Waals surface area contributed by atoms with Crippen molar-refractivity contribution in [1.29, 1.82) is 0 Å². The standard InChI is InChI=1S/C35H44N4O14S3/c1-34(2,3)50-32(40)36-38(17-9-19-54-53-52-42)23-13-15-25-28(21-23)49-29-22-24(39(18-10-20-55(43,44)45)37-33(41)51-35(4,5)6)14-16-26(29)31(25)27-11-7-8-12-30(27)56(46,47)48/h7-8,11-16,21-22H,9-10,17-20H2,1-6H3,(H4-,36,37,40,41,42,43,44,45,46,47,48)/p-2. The first-order chi connectivity index (χ1) is 26.0. The molecule has 0 aromatic heterocycles. The van der Waals surface area contributed by atoms with Gasteiger partial charge in [0.25, 0.3) is 0 Å². The van der Waals surface area contributed by atoms with Crippen molar-refractivity contribution >= 4 is 61.1 Å². The highest BCUT2D eigenvalue weighted by Crippen LogP contribution is 2.42. The lowest BCUT2D eigenvalue weighted by atomic mass is 9.93. The summed E-state index contributed by atoms with van der Waals surface area (Å²) in [5.41, 5.74) is 4.67. The van der Waals surface area contributed by atoms with E-state index in [0.717, 1.165) is 12.0 Å². The van der Waals surface area contributed by atoms with Crippen molar-refractivity contribution in [3.05, 3.63) is 66.0 Å². The van der Waals surface area contributed by atoms with Crippen molar-refractivity contribution in [3.8, 4) is 22.5 Å². The summed E-state index contributed by atoms with van der Waals surface area (Å²) in [5.74, 6) is -0.265. The fraction of sp³-hybridized carbons (Fsp3) is 0.400. The van der Waals surface area contributed by atoms with Gasteiger partial charge in [0.2, 0.25) is 5.36 Å². The molecule has 0 fully saturated rings. The average Bonchev–Trinajstić information content (AvgIpc) is 3.06. The Labute approximate surface area is 328 Å². The third kappa shape index (κ3) is 13.0. The second kappa shape index (κ2) is 18.2. The van der Waals surface area contributed by atoms with Crippen molar-refractivity contribution in [2.24, 2.45) is 0 Å². The van der Waals surface area contributed by atoms with Gasteiger partial charge in [-0.25, -0.2) is 31.9 Å². The van der Waals surface area contributed by atoms with Gasteiger partial charge in [-0.15, -0.1) is 4.68 Å². The predicted octanol–water partition coefficient (Wildman–Crippen LogP) is 3.76. The maximum atomic E-state index is 12.9. The van der Waals surface area contributed by atoms with Crippen molar-refractivity contribution in [2.75, 3.05) is 29.6 Å². The van der Waals surface area contributed by atoms with Crippen LogP contribution in [0.4, 0.5) is 15.3 Å². The molecule has 2 aromatic rings. The van der Waals surface area contributed by atoms with Crippen LogP contribution < -0.4 is 31.2 Å². The molecule has 4 rings (SSSR count). The van der Waals surface area contributed by atoms with Crippen molar-refractivity contribution in [1.82, 2.24) is 15.5 Å². The Bertz CT molecular complexity index is 2300. The molecule has 0 atom stereocenters. The van der Waals surface area contributed by atoms with E-state index in [9.17, 15) is 40.8 Å². The van der Waals surface area contributed by atoms with Crippen LogP contribution in [0.1, 0.15) is 54.4 Å². The highest BCUT2D eigenvalue weighted by Gasteiger charge is 2.25. The zero-order valence-electron chi connectivity index (χ0n) is 31.4. The minimum Gasteiger partial charge on any atom is -0.748 e. The number of rotatable bonds is 15. The minimum absolute atomic E-state index is 0.0690. The summed E-state index contributed by atoms with van der Waals surface area (Å²) in [6, 6.07) is 15.1. The number of hydrogen-bond acceptors (Lipinski definition) is 16. The fourth-order valence-corrected chi connectivity index (χ4v) is 6.96. The smallest absolute Gasteiger partial charge is 0.461 e.